The lowest BCUT2D eigenvalue weighted by atomic mass is 10.1. The first-order valence-corrected chi connectivity index (χ1v) is 6.03. The molecule has 0 saturated heterocycles. The van der Waals surface area contributed by atoms with Crippen LogP contribution in [0.3, 0.4) is 0 Å². The fourth-order valence-electron chi connectivity index (χ4n) is 1.71. The van der Waals surface area contributed by atoms with Gasteiger partial charge in [-0.15, -0.1) is 0 Å². The second-order valence-electron chi connectivity index (χ2n) is 3.60. The Morgan fingerprint density at radius 2 is 2.12 bits per heavy atom. The van der Waals surface area contributed by atoms with Crippen LogP contribution >= 0.6 is 15.9 Å². The molecule has 5 heteroatoms. The van der Waals surface area contributed by atoms with Crippen LogP contribution in [0.25, 0.3) is 0 Å². The van der Waals surface area contributed by atoms with E-state index in [4.69, 9.17) is 15.2 Å². The van der Waals surface area contributed by atoms with Crippen molar-refractivity contribution in [3.63, 3.8) is 0 Å². The number of hydrogen-bond acceptors (Lipinski definition) is 4. The van der Waals surface area contributed by atoms with Crippen LogP contribution in [-0.2, 0) is 6.42 Å². The lowest BCUT2D eigenvalue weighted by molar-refractivity contribution is 0.295. The van der Waals surface area contributed by atoms with Gasteiger partial charge in [-0.25, -0.2) is 0 Å². The zero-order chi connectivity index (χ0) is 11.5. The van der Waals surface area contributed by atoms with Gasteiger partial charge in [0, 0.05) is 18.1 Å². The molecular weight excluding hydrogens is 274 g/mol. The van der Waals surface area contributed by atoms with Crippen molar-refractivity contribution in [3.05, 3.63) is 16.1 Å². The number of phenols is 1. The molecule has 0 unspecified atom stereocenters. The summed E-state index contributed by atoms with van der Waals surface area (Å²) >= 11 is 3.29. The molecule has 0 amide bonds. The smallest absolute Gasteiger partial charge is 0.168 e. The predicted molar refractivity (Wildman–Crippen MR) is 64.2 cm³/mol. The molecule has 0 saturated carbocycles. The van der Waals surface area contributed by atoms with E-state index in [1.807, 2.05) is 0 Å². The molecule has 0 aromatic heterocycles. The molecule has 2 rings (SSSR count). The topological polar surface area (TPSA) is 64.7 Å². The first kappa shape index (κ1) is 11.5. The molecule has 1 aliphatic rings. The third kappa shape index (κ3) is 2.10. The van der Waals surface area contributed by atoms with Gasteiger partial charge in [0.2, 0.25) is 0 Å². The minimum atomic E-state index is 0.190. The highest BCUT2D eigenvalue weighted by Gasteiger charge is 2.20. The van der Waals surface area contributed by atoms with E-state index in [0.717, 1.165) is 6.42 Å². The highest BCUT2D eigenvalue weighted by molar-refractivity contribution is 9.10. The summed E-state index contributed by atoms with van der Waals surface area (Å²) in [6, 6.07) is 1.73. The maximum Gasteiger partial charge on any atom is 0.168 e. The molecule has 1 aromatic rings. The quantitative estimate of drug-likeness (QED) is 0.871. The van der Waals surface area contributed by atoms with Crippen molar-refractivity contribution in [3.8, 4) is 17.2 Å². The summed E-state index contributed by atoms with van der Waals surface area (Å²) in [5, 5.41) is 9.94. The van der Waals surface area contributed by atoms with E-state index in [2.05, 4.69) is 15.9 Å². The van der Waals surface area contributed by atoms with Crippen LogP contribution < -0.4 is 15.2 Å². The minimum absolute atomic E-state index is 0.190. The van der Waals surface area contributed by atoms with E-state index in [0.29, 0.717) is 47.7 Å². The van der Waals surface area contributed by atoms with Gasteiger partial charge in [0.25, 0.3) is 0 Å². The molecule has 0 bridgehead atoms. The van der Waals surface area contributed by atoms with E-state index in [1.54, 1.807) is 6.07 Å². The SMILES string of the molecule is NCCc1c(O)c(Br)cc2c1OCCCO2. The van der Waals surface area contributed by atoms with Crippen molar-refractivity contribution in [1.82, 2.24) is 0 Å². The van der Waals surface area contributed by atoms with E-state index < -0.39 is 0 Å². The van der Waals surface area contributed by atoms with Crippen molar-refractivity contribution in [2.75, 3.05) is 19.8 Å². The Balaban J connectivity index is 2.51. The number of aromatic hydroxyl groups is 1. The van der Waals surface area contributed by atoms with Crippen LogP contribution in [-0.4, -0.2) is 24.9 Å². The Labute approximate surface area is 102 Å². The summed E-state index contributed by atoms with van der Waals surface area (Å²) in [6.07, 6.45) is 1.41. The fourth-order valence-corrected chi connectivity index (χ4v) is 2.15. The molecule has 0 radical (unpaired) electrons. The molecule has 1 aromatic carbocycles. The summed E-state index contributed by atoms with van der Waals surface area (Å²) in [5.41, 5.74) is 6.25. The highest BCUT2D eigenvalue weighted by Crippen LogP contribution is 2.43. The van der Waals surface area contributed by atoms with Gasteiger partial charge in [0.15, 0.2) is 11.5 Å². The average Bonchev–Trinajstić information content (AvgIpc) is 2.50. The maximum atomic E-state index is 9.94. The lowest BCUT2D eigenvalue weighted by Gasteiger charge is -2.14. The Kier molecular flexibility index (Phi) is 3.56. The molecule has 0 fully saturated rings. The Hall–Kier alpha value is -0.940. The average molecular weight is 288 g/mol. The van der Waals surface area contributed by atoms with E-state index in [-0.39, 0.29) is 5.75 Å². The standard InChI is InChI=1S/C11H14BrNO3/c12-8-6-9-11(16-5-1-4-15-9)7(2-3-13)10(8)14/h6,14H,1-5,13H2. The van der Waals surface area contributed by atoms with Crippen molar-refractivity contribution < 1.29 is 14.6 Å². The molecule has 1 heterocycles. The largest absolute Gasteiger partial charge is 0.506 e. The molecule has 0 spiro atoms. The van der Waals surface area contributed by atoms with E-state index >= 15 is 0 Å². The van der Waals surface area contributed by atoms with Crippen molar-refractivity contribution >= 4 is 15.9 Å². The number of ether oxygens (including phenoxy) is 2. The van der Waals surface area contributed by atoms with Crippen LogP contribution in [0.5, 0.6) is 17.2 Å². The summed E-state index contributed by atoms with van der Waals surface area (Å²) < 4.78 is 11.8. The molecular formula is C11H14BrNO3. The third-order valence-corrected chi connectivity index (χ3v) is 3.06. The monoisotopic (exact) mass is 287 g/mol. The molecule has 88 valence electrons. The number of hydrogen-bond donors (Lipinski definition) is 2. The number of halogens is 1. The fraction of sp³-hybridized carbons (Fsp3) is 0.455. The minimum Gasteiger partial charge on any atom is -0.506 e. The Morgan fingerprint density at radius 3 is 2.88 bits per heavy atom. The normalized spacial score (nSPS) is 14.6. The second-order valence-corrected chi connectivity index (χ2v) is 4.46. The number of fused-ring (bicyclic) bond motifs is 1. The molecule has 4 nitrogen and oxygen atoms in total. The van der Waals surface area contributed by atoms with Gasteiger partial charge >= 0.3 is 0 Å². The van der Waals surface area contributed by atoms with Gasteiger partial charge < -0.3 is 20.3 Å². The Bertz CT molecular complexity index is 395. The summed E-state index contributed by atoms with van der Waals surface area (Å²) in [7, 11) is 0. The second kappa shape index (κ2) is 4.93. The summed E-state index contributed by atoms with van der Waals surface area (Å²) in [4.78, 5) is 0. The summed E-state index contributed by atoms with van der Waals surface area (Å²) in [5.74, 6) is 1.49. The van der Waals surface area contributed by atoms with Gasteiger partial charge in [0.05, 0.1) is 17.7 Å². The molecule has 0 aliphatic carbocycles. The molecule has 3 N–H and O–H groups in total. The van der Waals surface area contributed by atoms with Crippen molar-refractivity contribution in [2.24, 2.45) is 5.73 Å². The molecule has 0 atom stereocenters. The van der Waals surface area contributed by atoms with Gasteiger partial charge in [-0.05, 0) is 28.9 Å². The zero-order valence-electron chi connectivity index (χ0n) is 8.83. The predicted octanol–water partition coefficient (Wildman–Crippen LogP) is 1.82. The van der Waals surface area contributed by atoms with Gasteiger partial charge in [-0.2, -0.15) is 0 Å². The zero-order valence-corrected chi connectivity index (χ0v) is 10.4. The van der Waals surface area contributed by atoms with Crippen molar-refractivity contribution in [2.45, 2.75) is 12.8 Å². The van der Waals surface area contributed by atoms with Crippen LogP contribution in [0.4, 0.5) is 0 Å². The third-order valence-electron chi connectivity index (χ3n) is 2.45. The maximum absolute atomic E-state index is 9.94. The number of phenolic OH excluding ortho intramolecular Hbond substituents is 1. The van der Waals surface area contributed by atoms with E-state index in [9.17, 15) is 5.11 Å². The van der Waals surface area contributed by atoms with E-state index in [1.165, 1.54) is 0 Å². The van der Waals surface area contributed by atoms with Crippen LogP contribution in [0.15, 0.2) is 10.5 Å². The molecule has 1 aliphatic heterocycles. The summed E-state index contributed by atoms with van der Waals surface area (Å²) in [6.45, 7) is 1.69. The Morgan fingerprint density at radius 1 is 1.38 bits per heavy atom. The van der Waals surface area contributed by atoms with Gasteiger partial charge in [-0.3, -0.25) is 0 Å². The number of benzene rings is 1. The van der Waals surface area contributed by atoms with Crippen LogP contribution in [0, 0.1) is 0 Å². The number of rotatable bonds is 2. The van der Waals surface area contributed by atoms with Gasteiger partial charge in [0.1, 0.15) is 5.75 Å². The van der Waals surface area contributed by atoms with Crippen LogP contribution in [0.2, 0.25) is 0 Å². The van der Waals surface area contributed by atoms with Crippen LogP contribution in [0.1, 0.15) is 12.0 Å². The first-order chi connectivity index (χ1) is 7.74. The van der Waals surface area contributed by atoms with Crippen molar-refractivity contribution in [1.29, 1.82) is 0 Å². The molecule has 16 heavy (non-hydrogen) atoms. The lowest BCUT2D eigenvalue weighted by Crippen LogP contribution is -2.06. The highest BCUT2D eigenvalue weighted by atomic mass is 79.9. The van der Waals surface area contributed by atoms with Gasteiger partial charge in [-0.1, -0.05) is 0 Å². The first-order valence-electron chi connectivity index (χ1n) is 5.24. The number of nitrogens with two attached hydrogens (primary N) is 1.